The molecule has 1 atom stereocenters. The summed E-state index contributed by atoms with van der Waals surface area (Å²) in [6.07, 6.45) is 2.16. The third-order valence-electron chi connectivity index (χ3n) is 2.20. The van der Waals surface area contributed by atoms with Gasteiger partial charge in [-0.2, -0.15) is 0 Å². The summed E-state index contributed by atoms with van der Waals surface area (Å²) in [6, 6.07) is 3.57. The van der Waals surface area contributed by atoms with Crippen LogP contribution < -0.4 is 5.32 Å². The molecule has 0 saturated heterocycles. The maximum Gasteiger partial charge on any atom is 0.130 e. The highest BCUT2D eigenvalue weighted by molar-refractivity contribution is 5.23. The fourth-order valence-corrected chi connectivity index (χ4v) is 1.56. The van der Waals surface area contributed by atoms with Crippen molar-refractivity contribution in [1.29, 1.82) is 0 Å². The molecule has 1 rings (SSSR count). The summed E-state index contributed by atoms with van der Waals surface area (Å²) in [5.74, 6) is -1.02. The van der Waals surface area contributed by atoms with Crippen molar-refractivity contribution in [3.8, 4) is 0 Å². The summed E-state index contributed by atoms with van der Waals surface area (Å²) in [5, 5.41) is 3.03. The molecule has 0 aliphatic rings. The topological polar surface area (TPSA) is 12.0 Å². The van der Waals surface area contributed by atoms with E-state index in [2.05, 4.69) is 11.9 Å². The van der Waals surface area contributed by atoms with Gasteiger partial charge >= 0.3 is 0 Å². The van der Waals surface area contributed by atoms with E-state index in [4.69, 9.17) is 0 Å². The Bertz CT molecular complexity index is 316. The summed E-state index contributed by atoms with van der Waals surface area (Å²) in [5.41, 5.74) is 0.0965. The van der Waals surface area contributed by atoms with E-state index in [1.807, 2.05) is 6.92 Å². The summed E-state index contributed by atoms with van der Waals surface area (Å²) >= 11 is 0. The predicted octanol–water partition coefficient (Wildman–Crippen LogP) is 3.19. The predicted molar refractivity (Wildman–Crippen MR) is 57.6 cm³/mol. The molecular formula is C12H15F2N. The zero-order chi connectivity index (χ0) is 11.3. The molecule has 1 aromatic carbocycles. The van der Waals surface area contributed by atoms with Gasteiger partial charge in [-0.15, -0.1) is 6.58 Å². The monoisotopic (exact) mass is 211 g/mol. The first-order chi connectivity index (χ1) is 7.20. The second-order valence-corrected chi connectivity index (χ2v) is 3.27. The molecule has 0 saturated carbocycles. The molecule has 0 aromatic heterocycles. The van der Waals surface area contributed by atoms with Crippen LogP contribution in [0.4, 0.5) is 8.78 Å². The van der Waals surface area contributed by atoms with Crippen molar-refractivity contribution in [3.05, 3.63) is 48.1 Å². The van der Waals surface area contributed by atoms with Gasteiger partial charge in [0.15, 0.2) is 0 Å². The first-order valence-electron chi connectivity index (χ1n) is 4.98. The Balaban J connectivity index is 3.03. The summed E-state index contributed by atoms with van der Waals surface area (Å²) in [6.45, 7) is 6.14. The molecule has 0 spiro atoms. The van der Waals surface area contributed by atoms with E-state index in [0.717, 1.165) is 0 Å². The van der Waals surface area contributed by atoms with Crippen LogP contribution >= 0.6 is 0 Å². The zero-order valence-corrected chi connectivity index (χ0v) is 8.76. The van der Waals surface area contributed by atoms with Crippen LogP contribution in [0.3, 0.4) is 0 Å². The van der Waals surface area contributed by atoms with E-state index < -0.39 is 11.6 Å². The molecule has 15 heavy (non-hydrogen) atoms. The Morgan fingerprint density at radius 1 is 1.40 bits per heavy atom. The van der Waals surface area contributed by atoms with Gasteiger partial charge in [-0.05, 0) is 25.1 Å². The number of rotatable bonds is 5. The van der Waals surface area contributed by atoms with Gasteiger partial charge in [0.05, 0.1) is 0 Å². The van der Waals surface area contributed by atoms with E-state index in [1.54, 1.807) is 6.08 Å². The standard InChI is InChI=1S/C12H15F2N/c1-3-6-11(15-4-2)12-9(13)7-5-8-10(12)14/h3,5,7-8,11,15H,1,4,6H2,2H3. The molecule has 0 bridgehead atoms. The number of nitrogens with one attached hydrogen (secondary N) is 1. The van der Waals surface area contributed by atoms with Crippen LogP contribution in [0.5, 0.6) is 0 Å². The third-order valence-corrected chi connectivity index (χ3v) is 2.20. The second kappa shape index (κ2) is 5.61. The highest BCUT2D eigenvalue weighted by atomic mass is 19.1. The Morgan fingerprint density at radius 3 is 2.47 bits per heavy atom. The Hall–Kier alpha value is -1.22. The lowest BCUT2D eigenvalue weighted by Crippen LogP contribution is -2.22. The molecule has 82 valence electrons. The van der Waals surface area contributed by atoms with Gasteiger partial charge in [-0.25, -0.2) is 8.78 Å². The molecule has 1 nitrogen and oxygen atoms in total. The van der Waals surface area contributed by atoms with Crippen LogP contribution in [0, 0.1) is 11.6 Å². The average molecular weight is 211 g/mol. The first-order valence-corrected chi connectivity index (χ1v) is 4.98. The molecule has 1 unspecified atom stereocenters. The number of hydrogen-bond donors (Lipinski definition) is 1. The van der Waals surface area contributed by atoms with Crippen molar-refractivity contribution in [1.82, 2.24) is 5.32 Å². The van der Waals surface area contributed by atoms with Crippen molar-refractivity contribution in [3.63, 3.8) is 0 Å². The summed E-state index contributed by atoms with van der Waals surface area (Å²) < 4.78 is 26.9. The second-order valence-electron chi connectivity index (χ2n) is 3.27. The smallest absolute Gasteiger partial charge is 0.130 e. The van der Waals surface area contributed by atoms with Gasteiger partial charge in [-0.1, -0.05) is 19.1 Å². The fraction of sp³-hybridized carbons (Fsp3) is 0.333. The van der Waals surface area contributed by atoms with Crippen molar-refractivity contribution in [2.45, 2.75) is 19.4 Å². The van der Waals surface area contributed by atoms with Gasteiger partial charge in [0, 0.05) is 11.6 Å². The average Bonchev–Trinajstić information content (AvgIpc) is 2.18. The molecule has 3 heteroatoms. The van der Waals surface area contributed by atoms with Gasteiger partial charge in [0.2, 0.25) is 0 Å². The lowest BCUT2D eigenvalue weighted by molar-refractivity contribution is 0.477. The van der Waals surface area contributed by atoms with Crippen molar-refractivity contribution in [2.24, 2.45) is 0 Å². The molecule has 0 amide bonds. The molecule has 1 N–H and O–H groups in total. The van der Waals surface area contributed by atoms with E-state index in [9.17, 15) is 8.78 Å². The Kier molecular flexibility index (Phi) is 4.43. The summed E-state index contributed by atoms with van der Waals surface area (Å²) in [4.78, 5) is 0. The third kappa shape index (κ3) is 2.86. The minimum atomic E-state index is -0.511. The van der Waals surface area contributed by atoms with E-state index >= 15 is 0 Å². The Morgan fingerprint density at radius 2 is 2.00 bits per heavy atom. The highest BCUT2D eigenvalue weighted by Crippen LogP contribution is 2.23. The van der Waals surface area contributed by atoms with Gasteiger partial charge in [-0.3, -0.25) is 0 Å². The van der Waals surface area contributed by atoms with E-state index in [1.165, 1.54) is 18.2 Å². The SMILES string of the molecule is C=CCC(NCC)c1c(F)cccc1F. The van der Waals surface area contributed by atoms with Gasteiger partial charge < -0.3 is 5.32 Å². The van der Waals surface area contributed by atoms with Crippen LogP contribution in [0.15, 0.2) is 30.9 Å². The van der Waals surface area contributed by atoms with Crippen LogP contribution in [-0.4, -0.2) is 6.54 Å². The van der Waals surface area contributed by atoms with Crippen molar-refractivity contribution in [2.75, 3.05) is 6.54 Å². The largest absolute Gasteiger partial charge is 0.310 e. The molecule has 0 aliphatic carbocycles. The van der Waals surface area contributed by atoms with Crippen LogP contribution in [0.1, 0.15) is 24.9 Å². The molecule has 0 heterocycles. The molecule has 1 aromatic rings. The lowest BCUT2D eigenvalue weighted by atomic mass is 10.0. The van der Waals surface area contributed by atoms with Crippen LogP contribution in [0.2, 0.25) is 0 Å². The minimum absolute atomic E-state index is 0.0965. The fourth-order valence-electron chi connectivity index (χ4n) is 1.56. The van der Waals surface area contributed by atoms with Gasteiger partial charge in [0.25, 0.3) is 0 Å². The van der Waals surface area contributed by atoms with Crippen molar-refractivity contribution < 1.29 is 8.78 Å². The maximum absolute atomic E-state index is 13.4. The zero-order valence-electron chi connectivity index (χ0n) is 8.76. The quantitative estimate of drug-likeness (QED) is 0.737. The minimum Gasteiger partial charge on any atom is -0.310 e. The normalized spacial score (nSPS) is 12.5. The molecular weight excluding hydrogens is 196 g/mol. The van der Waals surface area contributed by atoms with E-state index in [0.29, 0.717) is 13.0 Å². The Labute approximate surface area is 88.8 Å². The van der Waals surface area contributed by atoms with Crippen LogP contribution in [-0.2, 0) is 0 Å². The number of benzene rings is 1. The summed E-state index contributed by atoms with van der Waals surface area (Å²) in [7, 11) is 0. The molecule has 0 fully saturated rings. The first kappa shape index (κ1) is 11.9. The highest BCUT2D eigenvalue weighted by Gasteiger charge is 2.17. The van der Waals surface area contributed by atoms with Gasteiger partial charge in [0.1, 0.15) is 11.6 Å². The van der Waals surface area contributed by atoms with E-state index in [-0.39, 0.29) is 11.6 Å². The van der Waals surface area contributed by atoms with Crippen LogP contribution in [0.25, 0.3) is 0 Å². The van der Waals surface area contributed by atoms with Crippen molar-refractivity contribution >= 4 is 0 Å². The lowest BCUT2D eigenvalue weighted by Gasteiger charge is -2.17. The number of hydrogen-bond acceptors (Lipinski definition) is 1. The maximum atomic E-state index is 13.4. The molecule has 0 aliphatic heterocycles. The molecule has 0 radical (unpaired) electrons. The number of halogens is 2.